The fraction of sp³-hybridized carbons (Fsp3) is 0.211. The Bertz CT molecular complexity index is 1240. The second-order valence-electron chi connectivity index (χ2n) is 6.41. The highest BCUT2D eigenvalue weighted by Crippen LogP contribution is 2.33. The number of esters is 1. The number of carbonyl (C=O) groups is 1. The van der Waals surface area contributed by atoms with Gasteiger partial charge in [0, 0.05) is 14.1 Å². The number of para-hydroxylation sites is 1. The lowest BCUT2D eigenvalue weighted by molar-refractivity contribution is 0.0602. The molecule has 9 heteroatoms. The number of carbonyl (C=O) groups excluding carboxylic acids is 1. The van der Waals surface area contributed by atoms with Crippen molar-refractivity contribution in [1.29, 1.82) is 0 Å². The van der Waals surface area contributed by atoms with Crippen LogP contribution in [-0.2, 0) is 18.8 Å². The van der Waals surface area contributed by atoms with Crippen molar-refractivity contribution in [2.24, 2.45) is 14.1 Å². The fourth-order valence-electron chi connectivity index (χ4n) is 3.30. The van der Waals surface area contributed by atoms with E-state index in [1.807, 2.05) is 18.5 Å². The van der Waals surface area contributed by atoms with E-state index < -0.39 is 11.8 Å². The Morgan fingerprint density at radius 3 is 2.64 bits per heavy atom. The zero-order valence-electron chi connectivity index (χ0n) is 15.7. The third-order valence-corrected chi connectivity index (χ3v) is 5.12. The maximum Gasteiger partial charge on any atom is 0.340 e. The molecule has 0 radical (unpaired) electrons. The van der Waals surface area contributed by atoms with Gasteiger partial charge in [0.05, 0.1) is 39.9 Å². The van der Waals surface area contributed by atoms with Crippen LogP contribution in [-0.4, -0.2) is 32.2 Å². The van der Waals surface area contributed by atoms with E-state index in [0.29, 0.717) is 33.6 Å². The standard InChI is InChI=1S/C19H17ClFN5O2/c1-9-22-15-16(25(9)2)10(18(27)28-4)8-13-17(15)26(3)19(23-13)24-14-11(20)6-5-7-12(14)21/h5-8H,1-4H3,(H,23,24). The molecule has 2 aromatic heterocycles. The van der Waals surface area contributed by atoms with Crippen molar-refractivity contribution in [2.45, 2.75) is 6.92 Å². The number of benzene rings is 2. The van der Waals surface area contributed by atoms with E-state index in [-0.39, 0.29) is 10.7 Å². The van der Waals surface area contributed by atoms with Gasteiger partial charge in [0.2, 0.25) is 5.95 Å². The fourth-order valence-corrected chi connectivity index (χ4v) is 3.51. The van der Waals surface area contributed by atoms with Crippen molar-refractivity contribution in [1.82, 2.24) is 19.1 Å². The maximum atomic E-state index is 14.2. The van der Waals surface area contributed by atoms with E-state index >= 15 is 0 Å². The second-order valence-corrected chi connectivity index (χ2v) is 6.82. The average molecular weight is 402 g/mol. The van der Waals surface area contributed by atoms with Gasteiger partial charge in [0.25, 0.3) is 0 Å². The summed E-state index contributed by atoms with van der Waals surface area (Å²) in [6.07, 6.45) is 0. The van der Waals surface area contributed by atoms with E-state index in [1.165, 1.54) is 19.2 Å². The third-order valence-electron chi connectivity index (χ3n) is 4.81. The molecule has 7 nitrogen and oxygen atoms in total. The van der Waals surface area contributed by atoms with E-state index in [9.17, 15) is 9.18 Å². The Morgan fingerprint density at radius 2 is 1.96 bits per heavy atom. The Kier molecular flexibility index (Phi) is 4.23. The number of methoxy groups -OCH3 is 1. The molecule has 0 saturated heterocycles. The number of rotatable bonds is 3. The summed E-state index contributed by atoms with van der Waals surface area (Å²) < 4.78 is 22.7. The Labute approximate surface area is 164 Å². The average Bonchev–Trinajstić information content (AvgIpc) is 3.14. The maximum absolute atomic E-state index is 14.2. The molecule has 0 amide bonds. The molecular weight excluding hydrogens is 385 g/mol. The summed E-state index contributed by atoms with van der Waals surface area (Å²) in [4.78, 5) is 21.5. The first-order valence-corrected chi connectivity index (χ1v) is 8.83. The van der Waals surface area contributed by atoms with Crippen LogP contribution in [0.15, 0.2) is 24.3 Å². The number of hydrogen-bond donors (Lipinski definition) is 1. The molecule has 4 aromatic rings. The van der Waals surface area contributed by atoms with Crippen LogP contribution in [0.5, 0.6) is 0 Å². The number of hydrogen-bond acceptors (Lipinski definition) is 5. The van der Waals surface area contributed by atoms with Crippen molar-refractivity contribution < 1.29 is 13.9 Å². The number of anilines is 2. The first kappa shape index (κ1) is 18.2. The van der Waals surface area contributed by atoms with Crippen LogP contribution in [0.1, 0.15) is 16.2 Å². The summed E-state index contributed by atoms with van der Waals surface area (Å²) in [5, 5.41) is 3.18. The van der Waals surface area contributed by atoms with Crippen molar-refractivity contribution >= 4 is 51.3 Å². The van der Waals surface area contributed by atoms with Crippen LogP contribution in [0.25, 0.3) is 22.1 Å². The van der Waals surface area contributed by atoms with E-state index in [2.05, 4.69) is 15.3 Å². The minimum atomic E-state index is -0.492. The van der Waals surface area contributed by atoms with Crippen LogP contribution in [0, 0.1) is 12.7 Å². The SMILES string of the molecule is COC(=O)c1cc2nc(Nc3c(F)cccc3Cl)n(C)c2c2nc(C)n(C)c12. The molecule has 0 aliphatic carbocycles. The topological polar surface area (TPSA) is 74.0 Å². The molecule has 0 unspecified atom stereocenters. The Hall–Kier alpha value is -3.13. The number of nitrogens with zero attached hydrogens (tertiary/aromatic N) is 4. The molecule has 0 spiro atoms. The van der Waals surface area contributed by atoms with Gasteiger partial charge in [-0.05, 0) is 25.1 Å². The Morgan fingerprint density at radius 1 is 1.21 bits per heavy atom. The molecule has 2 aromatic carbocycles. The van der Waals surface area contributed by atoms with Crippen LogP contribution >= 0.6 is 11.6 Å². The van der Waals surface area contributed by atoms with Gasteiger partial charge in [0.15, 0.2) is 0 Å². The summed E-state index contributed by atoms with van der Waals surface area (Å²) in [5.74, 6) is 0.134. The quantitative estimate of drug-likeness (QED) is 0.523. The van der Waals surface area contributed by atoms with Gasteiger partial charge < -0.3 is 19.2 Å². The number of aryl methyl sites for hydroxylation is 3. The number of nitrogens with one attached hydrogen (secondary N) is 1. The number of fused-ring (bicyclic) bond motifs is 3. The van der Waals surface area contributed by atoms with E-state index in [4.69, 9.17) is 16.3 Å². The predicted molar refractivity (Wildman–Crippen MR) is 106 cm³/mol. The van der Waals surface area contributed by atoms with Crippen molar-refractivity contribution in [3.63, 3.8) is 0 Å². The smallest absolute Gasteiger partial charge is 0.340 e. The molecule has 0 atom stereocenters. The van der Waals surface area contributed by atoms with Crippen molar-refractivity contribution in [3.05, 3.63) is 46.5 Å². The normalized spacial score (nSPS) is 11.4. The zero-order chi connectivity index (χ0) is 20.2. The summed E-state index contributed by atoms with van der Waals surface area (Å²) in [5.41, 5.74) is 2.99. The molecular formula is C19H17ClFN5O2. The summed E-state index contributed by atoms with van der Waals surface area (Å²) in [7, 11) is 4.94. The lowest BCUT2D eigenvalue weighted by Crippen LogP contribution is -2.05. The lowest BCUT2D eigenvalue weighted by Gasteiger charge is -2.09. The summed E-state index contributed by atoms with van der Waals surface area (Å²) in [6.45, 7) is 1.85. The molecule has 0 aliphatic rings. The Balaban J connectivity index is 2.00. The molecule has 0 aliphatic heterocycles. The molecule has 28 heavy (non-hydrogen) atoms. The number of halogens is 2. The first-order valence-electron chi connectivity index (χ1n) is 8.45. The van der Waals surface area contributed by atoms with Gasteiger partial charge in [-0.15, -0.1) is 0 Å². The van der Waals surface area contributed by atoms with Gasteiger partial charge in [-0.2, -0.15) is 0 Å². The number of ether oxygens (including phenoxy) is 1. The monoisotopic (exact) mass is 401 g/mol. The molecule has 144 valence electrons. The van der Waals surface area contributed by atoms with Gasteiger partial charge in [-0.25, -0.2) is 19.2 Å². The van der Waals surface area contributed by atoms with Crippen molar-refractivity contribution in [3.8, 4) is 0 Å². The van der Waals surface area contributed by atoms with Gasteiger partial charge in [0.1, 0.15) is 17.2 Å². The van der Waals surface area contributed by atoms with Crippen LogP contribution in [0.4, 0.5) is 16.0 Å². The molecule has 0 fully saturated rings. The van der Waals surface area contributed by atoms with Crippen LogP contribution in [0.3, 0.4) is 0 Å². The first-order chi connectivity index (χ1) is 13.3. The molecule has 2 heterocycles. The van der Waals surface area contributed by atoms with Gasteiger partial charge >= 0.3 is 5.97 Å². The highest BCUT2D eigenvalue weighted by atomic mass is 35.5. The molecule has 0 saturated carbocycles. The molecule has 1 N–H and O–H groups in total. The van der Waals surface area contributed by atoms with Crippen LogP contribution < -0.4 is 5.32 Å². The van der Waals surface area contributed by atoms with E-state index in [1.54, 1.807) is 23.7 Å². The minimum Gasteiger partial charge on any atom is -0.465 e. The second kappa shape index (κ2) is 6.49. The number of aromatic nitrogens is 4. The summed E-state index contributed by atoms with van der Waals surface area (Å²) in [6, 6.07) is 6.08. The largest absolute Gasteiger partial charge is 0.465 e. The third kappa shape index (κ3) is 2.60. The van der Waals surface area contributed by atoms with E-state index in [0.717, 1.165) is 5.82 Å². The molecule has 4 rings (SSSR count). The minimum absolute atomic E-state index is 0.129. The highest BCUT2D eigenvalue weighted by molar-refractivity contribution is 6.33. The number of imidazole rings is 2. The lowest BCUT2D eigenvalue weighted by atomic mass is 10.1. The van der Waals surface area contributed by atoms with Crippen LogP contribution in [0.2, 0.25) is 5.02 Å². The predicted octanol–water partition coefficient (Wildman–Crippen LogP) is 4.09. The van der Waals surface area contributed by atoms with Gasteiger partial charge in [-0.1, -0.05) is 17.7 Å². The van der Waals surface area contributed by atoms with Crippen molar-refractivity contribution in [2.75, 3.05) is 12.4 Å². The summed E-state index contributed by atoms with van der Waals surface area (Å²) >= 11 is 6.12. The van der Waals surface area contributed by atoms with Gasteiger partial charge in [-0.3, -0.25) is 0 Å². The zero-order valence-corrected chi connectivity index (χ0v) is 16.4. The molecule has 0 bridgehead atoms. The highest BCUT2D eigenvalue weighted by Gasteiger charge is 2.23.